The lowest BCUT2D eigenvalue weighted by Crippen LogP contribution is -2.41. The second-order valence-corrected chi connectivity index (χ2v) is 7.59. The van der Waals surface area contributed by atoms with Crippen LogP contribution in [0.2, 0.25) is 0 Å². The minimum Gasteiger partial charge on any atom is -0.420 e. The quantitative estimate of drug-likeness (QED) is 0.884. The summed E-state index contributed by atoms with van der Waals surface area (Å²) < 4.78 is 11.6. The molecule has 2 aromatic heterocycles. The second-order valence-electron chi connectivity index (χ2n) is 7.59. The van der Waals surface area contributed by atoms with E-state index < -0.39 is 0 Å². The average molecular weight is 373 g/mol. The summed E-state index contributed by atoms with van der Waals surface area (Å²) in [6, 6.07) is -0.163. The van der Waals surface area contributed by atoms with E-state index in [1.807, 2.05) is 25.7 Å². The number of amides is 1. The number of aromatic amines is 1. The fraction of sp³-hybridized carbons (Fsp3) is 0.684. The lowest BCUT2D eigenvalue weighted by atomic mass is 9.94. The van der Waals surface area contributed by atoms with Crippen molar-refractivity contribution in [3.8, 4) is 0 Å². The Labute approximate surface area is 158 Å². The Bertz CT molecular complexity index is 789. The highest BCUT2D eigenvalue weighted by Crippen LogP contribution is 2.35. The molecule has 3 atom stereocenters. The van der Waals surface area contributed by atoms with Gasteiger partial charge in [0.25, 0.3) is 0 Å². The van der Waals surface area contributed by atoms with Crippen LogP contribution >= 0.6 is 0 Å². The number of aryl methyl sites for hydroxylation is 2. The number of ether oxygens (including phenoxy) is 1. The standard InChI is InChI=1S/C19H27N5O3/c1-11(16-12(2)20-21-13(16)3)19(25)24-9-5-4-7-14(24)17-22-23-18(27-17)15-8-6-10-26-15/h11,14-15H,4-10H2,1-3H3,(H,20,21)/t11?,14?,15-/m1/s1. The fourth-order valence-electron chi connectivity index (χ4n) is 4.31. The van der Waals surface area contributed by atoms with E-state index in [1.165, 1.54) is 0 Å². The number of rotatable bonds is 4. The summed E-state index contributed by atoms with van der Waals surface area (Å²) in [5.74, 6) is 0.894. The molecule has 2 aromatic rings. The van der Waals surface area contributed by atoms with Crippen LogP contribution in [-0.4, -0.2) is 44.4 Å². The summed E-state index contributed by atoms with van der Waals surface area (Å²) in [6.45, 7) is 7.28. The molecule has 146 valence electrons. The number of likely N-dealkylation sites (tertiary alicyclic amines) is 1. The Balaban J connectivity index is 1.56. The zero-order valence-electron chi connectivity index (χ0n) is 16.2. The third-order valence-corrected chi connectivity index (χ3v) is 5.72. The van der Waals surface area contributed by atoms with E-state index >= 15 is 0 Å². The Morgan fingerprint density at radius 1 is 1.19 bits per heavy atom. The molecule has 0 bridgehead atoms. The molecule has 4 rings (SSSR count). The molecule has 0 saturated carbocycles. The third kappa shape index (κ3) is 3.38. The number of aromatic nitrogens is 4. The average Bonchev–Trinajstić information content (AvgIpc) is 3.42. The van der Waals surface area contributed by atoms with Gasteiger partial charge in [-0.2, -0.15) is 5.10 Å². The highest BCUT2D eigenvalue weighted by Gasteiger charge is 2.36. The Hall–Kier alpha value is -2.22. The van der Waals surface area contributed by atoms with Gasteiger partial charge in [0.2, 0.25) is 17.7 Å². The van der Waals surface area contributed by atoms with Gasteiger partial charge < -0.3 is 14.1 Å². The number of hydrogen-bond donors (Lipinski definition) is 1. The number of nitrogens with one attached hydrogen (secondary N) is 1. The topological polar surface area (TPSA) is 97.1 Å². The molecule has 27 heavy (non-hydrogen) atoms. The van der Waals surface area contributed by atoms with Crippen LogP contribution in [0.3, 0.4) is 0 Å². The molecule has 0 aromatic carbocycles. The van der Waals surface area contributed by atoms with Crippen LogP contribution < -0.4 is 0 Å². The normalized spacial score (nSPS) is 24.3. The summed E-state index contributed by atoms with van der Waals surface area (Å²) in [5.41, 5.74) is 2.80. The lowest BCUT2D eigenvalue weighted by Gasteiger charge is -2.35. The maximum Gasteiger partial charge on any atom is 0.245 e. The second kappa shape index (κ2) is 7.42. The maximum absolute atomic E-state index is 13.3. The molecule has 4 heterocycles. The van der Waals surface area contributed by atoms with Gasteiger partial charge in [0.1, 0.15) is 12.1 Å². The van der Waals surface area contributed by atoms with Crippen molar-refractivity contribution in [2.24, 2.45) is 0 Å². The van der Waals surface area contributed by atoms with Crippen LogP contribution in [0.15, 0.2) is 4.42 Å². The van der Waals surface area contributed by atoms with Crippen LogP contribution in [-0.2, 0) is 9.53 Å². The zero-order chi connectivity index (χ0) is 19.0. The summed E-state index contributed by atoms with van der Waals surface area (Å²) in [6.07, 6.45) is 4.70. The Morgan fingerprint density at radius 3 is 2.70 bits per heavy atom. The lowest BCUT2D eigenvalue weighted by molar-refractivity contribution is -0.137. The predicted molar refractivity (Wildman–Crippen MR) is 97.0 cm³/mol. The van der Waals surface area contributed by atoms with Crippen molar-refractivity contribution >= 4 is 5.91 Å². The van der Waals surface area contributed by atoms with E-state index in [2.05, 4.69) is 20.4 Å². The molecule has 8 nitrogen and oxygen atoms in total. The van der Waals surface area contributed by atoms with E-state index in [9.17, 15) is 4.79 Å². The highest BCUT2D eigenvalue weighted by molar-refractivity contribution is 5.84. The number of piperidine rings is 1. The van der Waals surface area contributed by atoms with Crippen LogP contribution in [0.4, 0.5) is 0 Å². The third-order valence-electron chi connectivity index (χ3n) is 5.72. The van der Waals surface area contributed by atoms with Crippen molar-refractivity contribution in [3.63, 3.8) is 0 Å². The van der Waals surface area contributed by atoms with Gasteiger partial charge in [0, 0.05) is 24.4 Å². The number of carbonyl (C=O) groups is 1. The molecular weight excluding hydrogens is 346 g/mol. The van der Waals surface area contributed by atoms with Crippen molar-refractivity contribution in [2.45, 2.75) is 70.9 Å². The first-order valence-electron chi connectivity index (χ1n) is 9.83. The van der Waals surface area contributed by atoms with Gasteiger partial charge in [-0.05, 0) is 52.9 Å². The van der Waals surface area contributed by atoms with Crippen molar-refractivity contribution in [2.75, 3.05) is 13.2 Å². The zero-order valence-corrected chi connectivity index (χ0v) is 16.2. The first-order valence-corrected chi connectivity index (χ1v) is 9.83. The molecule has 0 aliphatic carbocycles. The molecule has 8 heteroatoms. The minimum absolute atomic E-state index is 0.0872. The SMILES string of the molecule is Cc1n[nH]c(C)c1C(C)C(=O)N1CCCCC1c1nnc([C@H]2CCCO2)o1. The van der Waals surface area contributed by atoms with Gasteiger partial charge in [0.15, 0.2) is 0 Å². The van der Waals surface area contributed by atoms with Crippen molar-refractivity contribution < 1.29 is 13.9 Å². The first-order chi connectivity index (χ1) is 13.1. The maximum atomic E-state index is 13.3. The van der Waals surface area contributed by atoms with Gasteiger partial charge in [-0.15, -0.1) is 10.2 Å². The monoisotopic (exact) mass is 373 g/mol. The molecular formula is C19H27N5O3. The van der Waals surface area contributed by atoms with E-state index in [4.69, 9.17) is 9.15 Å². The van der Waals surface area contributed by atoms with Gasteiger partial charge >= 0.3 is 0 Å². The summed E-state index contributed by atoms with van der Waals surface area (Å²) in [4.78, 5) is 15.2. The fourth-order valence-corrected chi connectivity index (χ4v) is 4.31. The summed E-state index contributed by atoms with van der Waals surface area (Å²) in [7, 11) is 0. The predicted octanol–water partition coefficient (Wildman–Crippen LogP) is 3.12. The molecule has 2 saturated heterocycles. The molecule has 2 unspecified atom stereocenters. The Morgan fingerprint density at radius 2 is 2.00 bits per heavy atom. The smallest absolute Gasteiger partial charge is 0.245 e. The van der Waals surface area contributed by atoms with Gasteiger partial charge in [-0.3, -0.25) is 9.89 Å². The number of H-pyrrole nitrogens is 1. The van der Waals surface area contributed by atoms with E-state index in [-0.39, 0.29) is 24.0 Å². The van der Waals surface area contributed by atoms with Crippen LogP contribution in [0.1, 0.15) is 85.8 Å². The van der Waals surface area contributed by atoms with Crippen LogP contribution in [0.25, 0.3) is 0 Å². The largest absolute Gasteiger partial charge is 0.420 e. The van der Waals surface area contributed by atoms with Crippen LogP contribution in [0, 0.1) is 13.8 Å². The van der Waals surface area contributed by atoms with Crippen molar-refractivity contribution in [1.82, 2.24) is 25.3 Å². The summed E-state index contributed by atoms with van der Waals surface area (Å²) in [5, 5.41) is 15.7. The van der Waals surface area contributed by atoms with Crippen LogP contribution in [0.5, 0.6) is 0 Å². The molecule has 2 aliphatic rings. The molecule has 0 spiro atoms. The first kappa shape index (κ1) is 18.2. The number of nitrogens with zero attached hydrogens (tertiary/aromatic N) is 4. The van der Waals surface area contributed by atoms with Gasteiger partial charge in [-0.1, -0.05) is 0 Å². The minimum atomic E-state index is -0.259. The summed E-state index contributed by atoms with van der Waals surface area (Å²) >= 11 is 0. The molecule has 2 aliphatic heterocycles. The van der Waals surface area contributed by atoms with Crippen molar-refractivity contribution in [1.29, 1.82) is 0 Å². The molecule has 2 fully saturated rings. The van der Waals surface area contributed by atoms with E-state index in [0.29, 0.717) is 18.3 Å². The van der Waals surface area contributed by atoms with Crippen molar-refractivity contribution in [3.05, 3.63) is 28.7 Å². The van der Waals surface area contributed by atoms with Gasteiger partial charge in [-0.25, -0.2) is 0 Å². The van der Waals surface area contributed by atoms with E-state index in [0.717, 1.165) is 55.7 Å². The highest BCUT2D eigenvalue weighted by atomic mass is 16.5. The van der Waals surface area contributed by atoms with Gasteiger partial charge in [0.05, 0.1) is 11.6 Å². The molecule has 1 amide bonds. The van der Waals surface area contributed by atoms with E-state index in [1.54, 1.807) is 0 Å². The molecule has 1 N–H and O–H groups in total. The molecule has 0 radical (unpaired) electrons. The number of hydrogen-bond acceptors (Lipinski definition) is 6. The Kier molecular flexibility index (Phi) is 4.99. The number of carbonyl (C=O) groups excluding carboxylic acids is 1.